The van der Waals surface area contributed by atoms with Crippen molar-refractivity contribution in [2.75, 3.05) is 20.3 Å². The summed E-state index contributed by atoms with van der Waals surface area (Å²) in [6.45, 7) is 1.33. The quantitative estimate of drug-likeness (QED) is 0.505. The molecule has 0 bridgehead atoms. The number of para-hydroxylation sites is 1. The molecule has 1 saturated heterocycles. The number of hydrogen-bond donors (Lipinski definition) is 1. The lowest BCUT2D eigenvalue weighted by Gasteiger charge is -2.41. The van der Waals surface area contributed by atoms with Crippen LogP contribution in [0.25, 0.3) is 0 Å². The van der Waals surface area contributed by atoms with Gasteiger partial charge in [-0.1, -0.05) is 43.7 Å². The molecule has 9 heteroatoms. The normalized spacial score (nSPS) is 18.3. The number of carbonyl (C=O) groups excluding carboxylic acids is 2. The van der Waals surface area contributed by atoms with Gasteiger partial charge in [0, 0.05) is 25.1 Å². The lowest BCUT2D eigenvalue weighted by molar-refractivity contribution is -0.153. The predicted molar refractivity (Wildman–Crippen MR) is 125 cm³/mol. The number of piperidine rings is 1. The number of halogens is 3. The fourth-order valence-electron chi connectivity index (χ4n) is 4.35. The summed E-state index contributed by atoms with van der Waals surface area (Å²) in [7, 11) is 1.56. The van der Waals surface area contributed by atoms with Gasteiger partial charge in [-0.25, -0.2) is 0 Å². The minimum absolute atomic E-state index is 0.00733. The van der Waals surface area contributed by atoms with Crippen LogP contribution in [0.1, 0.15) is 49.8 Å². The van der Waals surface area contributed by atoms with E-state index in [4.69, 9.17) is 9.47 Å². The molecule has 0 saturated carbocycles. The molecule has 6 nitrogen and oxygen atoms in total. The molecular weight excluding hydrogens is 461 g/mol. The Morgan fingerprint density at radius 1 is 1.17 bits per heavy atom. The summed E-state index contributed by atoms with van der Waals surface area (Å²) in [6.07, 6.45) is -2.04. The molecule has 2 aromatic rings. The van der Waals surface area contributed by atoms with Gasteiger partial charge in [0.15, 0.2) is 6.61 Å². The van der Waals surface area contributed by atoms with E-state index in [2.05, 4.69) is 5.32 Å². The lowest BCUT2D eigenvalue weighted by Crippen LogP contribution is -2.48. The van der Waals surface area contributed by atoms with Crippen molar-refractivity contribution >= 4 is 11.8 Å². The molecule has 2 amide bonds. The van der Waals surface area contributed by atoms with Crippen molar-refractivity contribution in [1.29, 1.82) is 0 Å². The maximum absolute atomic E-state index is 13.4. The van der Waals surface area contributed by atoms with Gasteiger partial charge in [0.05, 0.1) is 19.1 Å². The first-order valence-electron chi connectivity index (χ1n) is 11.7. The first-order chi connectivity index (χ1) is 16.7. The Bertz CT molecular complexity index is 1010. The summed E-state index contributed by atoms with van der Waals surface area (Å²) >= 11 is 0. The maximum Gasteiger partial charge on any atom is 0.422 e. The molecule has 3 rings (SSSR count). The minimum atomic E-state index is -4.43. The highest BCUT2D eigenvalue weighted by atomic mass is 19.4. The molecule has 35 heavy (non-hydrogen) atoms. The molecule has 1 aliphatic rings. The van der Waals surface area contributed by atoms with Crippen LogP contribution in [0.2, 0.25) is 0 Å². The summed E-state index contributed by atoms with van der Waals surface area (Å²) in [6, 6.07) is 13.1. The van der Waals surface area contributed by atoms with E-state index in [0.29, 0.717) is 24.3 Å². The molecule has 0 aliphatic carbocycles. The number of carbonyl (C=O) groups is 2. The van der Waals surface area contributed by atoms with Gasteiger partial charge < -0.3 is 19.7 Å². The number of alkyl halides is 3. The second kappa shape index (κ2) is 12.0. The molecule has 0 spiro atoms. The summed E-state index contributed by atoms with van der Waals surface area (Å²) in [4.78, 5) is 28.0. The van der Waals surface area contributed by atoms with Gasteiger partial charge in [-0.3, -0.25) is 9.59 Å². The van der Waals surface area contributed by atoms with E-state index in [9.17, 15) is 22.8 Å². The Hall–Kier alpha value is -3.23. The van der Waals surface area contributed by atoms with E-state index in [1.165, 1.54) is 12.1 Å². The standard InChI is InChI=1S/C26H31F3N2O4/c1-3-4-14-31-23(32)13-12-21(24(31)20-10-5-6-11-22(20)34-2)25(33)30-16-18-8-7-9-19(15-18)35-17-26(27,28)29/h5-11,15,21,24H,3-4,12-14,16-17H2,1-2H3,(H,30,33). The lowest BCUT2D eigenvalue weighted by atomic mass is 9.83. The molecule has 0 aromatic heterocycles. The predicted octanol–water partition coefficient (Wildman–Crippen LogP) is 5.03. The van der Waals surface area contributed by atoms with Crippen molar-refractivity contribution in [1.82, 2.24) is 10.2 Å². The van der Waals surface area contributed by atoms with E-state index in [1.54, 1.807) is 24.1 Å². The van der Waals surface area contributed by atoms with Crippen LogP contribution >= 0.6 is 0 Å². The zero-order chi connectivity index (χ0) is 25.4. The van der Waals surface area contributed by atoms with Crippen LogP contribution in [-0.2, 0) is 16.1 Å². The van der Waals surface area contributed by atoms with Gasteiger partial charge in [-0.05, 0) is 36.6 Å². The number of nitrogens with one attached hydrogen (secondary N) is 1. The average molecular weight is 493 g/mol. The van der Waals surface area contributed by atoms with Gasteiger partial charge >= 0.3 is 6.18 Å². The molecule has 1 N–H and O–H groups in total. The molecule has 2 aromatic carbocycles. The summed E-state index contributed by atoms with van der Waals surface area (Å²) in [5, 5.41) is 2.90. The van der Waals surface area contributed by atoms with E-state index >= 15 is 0 Å². The Labute approximate surface area is 203 Å². The fraction of sp³-hybridized carbons (Fsp3) is 0.462. The molecule has 0 radical (unpaired) electrons. The molecule has 1 fully saturated rings. The van der Waals surface area contributed by atoms with Crippen LogP contribution in [0.5, 0.6) is 11.5 Å². The second-order valence-electron chi connectivity index (χ2n) is 8.54. The molecule has 1 aliphatic heterocycles. The zero-order valence-corrected chi connectivity index (χ0v) is 19.9. The highest BCUT2D eigenvalue weighted by molar-refractivity contribution is 5.85. The van der Waals surface area contributed by atoms with Crippen molar-refractivity contribution < 1.29 is 32.2 Å². The van der Waals surface area contributed by atoms with Crippen LogP contribution in [0.3, 0.4) is 0 Å². The van der Waals surface area contributed by atoms with Crippen LogP contribution in [-0.4, -0.2) is 43.2 Å². The highest BCUT2D eigenvalue weighted by Gasteiger charge is 2.41. The van der Waals surface area contributed by atoms with Crippen molar-refractivity contribution in [2.24, 2.45) is 5.92 Å². The van der Waals surface area contributed by atoms with Gasteiger partial charge in [-0.2, -0.15) is 13.2 Å². The Balaban J connectivity index is 1.78. The third-order valence-electron chi connectivity index (χ3n) is 6.02. The number of rotatable bonds is 10. The van der Waals surface area contributed by atoms with E-state index in [0.717, 1.165) is 18.4 Å². The average Bonchev–Trinajstić information content (AvgIpc) is 2.85. The number of likely N-dealkylation sites (tertiary alicyclic amines) is 1. The van der Waals surface area contributed by atoms with E-state index in [-0.39, 0.29) is 30.5 Å². The van der Waals surface area contributed by atoms with E-state index < -0.39 is 24.7 Å². The number of methoxy groups -OCH3 is 1. The van der Waals surface area contributed by atoms with Crippen LogP contribution in [0.15, 0.2) is 48.5 Å². The number of nitrogens with zero attached hydrogens (tertiary/aromatic N) is 1. The van der Waals surface area contributed by atoms with Crippen LogP contribution in [0, 0.1) is 5.92 Å². The number of ether oxygens (including phenoxy) is 2. The van der Waals surface area contributed by atoms with Crippen molar-refractivity contribution in [3.8, 4) is 11.5 Å². The van der Waals surface area contributed by atoms with Crippen molar-refractivity contribution in [3.63, 3.8) is 0 Å². The first kappa shape index (κ1) is 26.4. The summed E-state index contributed by atoms with van der Waals surface area (Å²) < 4.78 is 47.7. The highest BCUT2D eigenvalue weighted by Crippen LogP contribution is 2.41. The zero-order valence-electron chi connectivity index (χ0n) is 19.9. The topological polar surface area (TPSA) is 67.9 Å². The Kier molecular flexibility index (Phi) is 9.01. The number of unbranched alkanes of at least 4 members (excludes halogenated alkanes) is 1. The monoisotopic (exact) mass is 492 g/mol. The third-order valence-corrected chi connectivity index (χ3v) is 6.02. The smallest absolute Gasteiger partial charge is 0.422 e. The Morgan fingerprint density at radius 3 is 2.66 bits per heavy atom. The first-order valence-corrected chi connectivity index (χ1v) is 11.7. The van der Waals surface area contributed by atoms with E-state index in [1.807, 2.05) is 31.2 Å². The van der Waals surface area contributed by atoms with Crippen molar-refractivity contribution in [3.05, 3.63) is 59.7 Å². The molecule has 1 heterocycles. The maximum atomic E-state index is 13.4. The molecule has 2 atom stereocenters. The van der Waals surface area contributed by atoms with Crippen LogP contribution < -0.4 is 14.8 Å². The fourth-order valence-corrected chi connectivity index (χ4v) is 4.35. The number of amides is 2. The summed E-state index contributed by atoms with van der Waals surface area (Å²) in [5.74, 6) is -0.0223. The minimum Gasteiger partial charge on any atom is -0.496 e. The van der Waals surface area contributed by atoms with Gasteiger partial charge in [0.1, 0.15) is 11.5 Å². The van der Waals surface area contributed by atoms with Gasteiger partial charge in [-0.15, -0.1) is 0 Å². The van der Waals surface area contributed by atoms with Gasteiger partial charge in [0.2, 0.25) is 11.8 Å². The molecule has 2 unspecified atom stereocenters. The van der Waals surface area contributed by atoms with Gasteiger partial charge in [0.25, 0.3) is 0 Å². The number of benzene rings is 2. The Morgan fingerprint density at radius 2 is 1.94 bits per heavy atom. The SMILES string of the molecule is CCCCN1C(=O)CCC(C(=O)NCc2cccc(OCC(F)(F)F)c2)C1c1ccccc1OC. The number of hydrogen-bond acceptors (Lipinski definition) is 4. The molecule has 190 valence electrons. The van der Waals surface area contributed by atoms with Crippen LogP contribution in [0.4, 0.5) is 13.2 Å². The largest absolute Gasteiger partial charge is 0.496 e. The molecular formula is C26H31F3N2O4. The second-order valence-corrected chi connectivity index (χ2v) is 8.54. The third kappa shape index (κ3) is 7.13. The van der Waals surface area contributed by atoms with Crippen molar-refractivity contribution in [2.45, 2.75) is 51.4 Å². The summed E-state index contributed by atoms with van der Waals surface area (Å²) in [5.41, 5.74) is 1.39.